The van der Waals surface area contributed by atoms with E-state index in [2.05, 4.69) is 41.6 Å². The van der Waals surface area contributed by atoms with Crippen LogP contribution in [0, 0.1) is 5.92 Å². The standard InChI is InChI=1S/C28H37NO3S/c1-2-25-8-6-23-16-22(21-4-3-5-21)7-10-27(23)29(25)33-26-9-11-28(24(17-26)18-30)32-19-20-12-14-31-15-13-20/h7,9-11,16-17,20-21,25,30H,2-6,8,12-15,18-19H2,1H3/t25-/m1/s1. The molecule has 2 fully saturated rings. The Morgan fingerprint density at radius 2 is 1.91 bits per heavy atom. The molecule has 1 aliphatic carbocycles. The molecule has 1 atom stereocenters. The van der Waals surface area contributed by atoms with Crippen molar-refractivity contribution in [2.45, 2.75) is 81.8 Å². The Bertz CT molecular complexity index is 939. The first-order valence-electron chi connectivity index (χ1n) is 12.8. The molecule has 0 spiro atoms. The van der Waals surface area contributed by atoms with E-state index >= 15 is 0 Å². The summed E-state index contributed by atoms with van der Waals surface area (Å²) in [6.45, 7) is 4.64. The number of ether oxygens (including phenoxy) is 2. The molecule has 1 saturated heterocycles. The predicted octanol–water partition coefficient (Wildman–Crippen LogP) is 6.49. The van der Waals surface area contributed by atoms with Crippen LogP contribution in [0.4, 0.5) is 5.69 Å². The molecule has 1 N–H and O–H groups in total. The van der Waals surface area contributed by atoms with Gasteiger partial charge in [-0.05, 0) is 104 Å². The van der Waals surface area contributed by atoms with Gasteiger partial charge in [-0.25, -0.2) is 0 Å². The van der Waals surface area contributed by atoms with Crippen LogP contribution in [-0.4, -0.2) is 31.0 Å². The third kappa shape index (κ3) is 5.21. The number of aliphatic hydroxyl groups excluding tert-OH is 1. The van der Waals surface area contributed by atoms with E-state index in [4.69, 9.17) is 9.47 Å². The van der Waals surface area contributed by atoms with Gasteiger partial charge in [-0.1, -0.05) is 25.5 Å². The fourth-order valence-corrected chi connectivity index (χ4v) is 6.49. The first-order valence-corrected chi connectivity index (χ1v) is 13.6. The van der Waals surface area contributed by atoms with Crippen molar-refractivity contribution in [3.05, 3.63) is 53.1 Å². The minimum Gasteiger partial charge on any atom is -0.493 e. The van der Waals surface area contributed by atoms with Crippen molar-refractivity contribution in [2.75, 3.05) is 24.1 Å². The van der Waals surface area contributed by atoms with Crippen LogP contribution in [0.2, 0.25) is 0 Å². The molecular formula is C28H37NO3S. The van der Waals surface area contributed by atoms with Crippen molar-refractivity contribution >= 4 is 17.6 Å². The Hall–Kier alpha value is -1.69. The van der Waals surface area contributed by atoms with Gasteiger partial charge in [0, 0.05) is 29.7 Å². The highest BCUT2D eigenvalue weighted by molar-refractivity contribution is 8.00. The Morgan fingerprint density at radius 3 is 2.64 bits per heavy atom. The molecule has 5 rings (SSSR count). The average molecular weight is 468 g/mol. The van der Waals surface area contributed by atoms with E-state index in [0.717, 1.165) is 54.6 Å². The number of anilines is 1. The van der Waals surface area contributed by atoms with Crippen LogP contribution >= 0.6 is 11.9 Å². The number of fused-ring (bicyclic) bond motifs is 1. The largest absolute Gasteiger partial charge is 0.493 e. The third-order valence-corrected chi connectivity index (χ3v) is 8.85. The molecule has 33 heavy (non-hydrogen) atoms. The predicted molar refractivity (Wildman–Crippen MR) is 135 cm³/mol. The van der Waals surface area contributed by atoms with E-state index < -0.39 is 0 Å². The molecule has 0 amide bonds. The van der Waals surface area contributed by atoms with Crippen LogP contribution in [0.25, 0.3) is 0 Å². The minimum absolute atomic E-state index is 0.00392. The minimum atomic E-state index is -0.00392. The molecule has 178 valence electrons. The van der Waals surface area contributed by atoms with Gasteiger partial charge in [0.05, 0.1) is 18.9 Å². The molecule has 0 aromatic heterocycles. The van der Waals surface area contributed by atoms with Crippen LogP contribution < -0.4 is 9.04 Å². The van der Waals surface area contributed by atoms with Crippen molar-refractivity contribution in [3.8, 4) is 5.75 Å². The maximum Gasteiger partial charge on any atom is 0.124 e. The molecule has 2 aliphatic heterocycles. The summed E-state index contributed by atoms with van der Waals surface area (Å²) in [5.41, 5.74) is 5.27. The summed E-state index contributed by atoms with van der Waals surface area (Å²) in [6, 6.07) is 14.0. The highest BCUT2D eigenvalue weighted by Gasteiger charge is 2.28. The Morgan fingerprint density at radius 1 is 1.06 bits per heavy atom. The maximum absolute atomic E-state index is 10.0. The van der Waals surface area contributed by atoms with Gasteiger partial charge in [-0.2, -0.15) is 0 Å². The normalized spacial score (nSPS) is 21.5. The Kier molecular flexibility index (Phi) is 7.49. The summed E-state index contributed by atoms with van der Waals surface area (Å²) >= 11 is 1.81. The van der Waals surface area contributed by atoms with Crippen LogP contribution in [-0.2, 0) is 17.8 Å². The summed E-state index contributed by atoms with van der Waals surface area (Å²) in [4.78, 5) is 1.16. The monoisotopic (exact) mass is 467 g/mol. The van der Waals surface area contributed by atoms with Gasteiger partial charge in [-0.15, -0.1) is 0 Å². The molecular weight excluding hydrogens is 430 g/mol. The molecule has 2 aromatic carbocycles. The van der Waals surface area contributed by atoms with Crippen LogP contribution in [0.3, 0.4) is 0 Å². The average Bonchev–Trinajstić information content (AvgIpc) is 2.82. The number of hydrogen-bond acceptors (Lipinski definition) is 5. The third-order valence-electron chi connectivity index (χ3n) is 7.69. The van der Waals surface area contributed by atoms with Gasteiger partial charge in [0.1, 0.15) is 5.75 Å². The van der Waals surface area contributed by atoms with Crippen molar-refractivity contribution in [1.82, 2.24) is 0 Å². The zero-order chi connectivity index (χ0) is 22.6. The zero-order valence-corrected chi connectivity index (χ0v) is 20.6. The molecule has 0 radical (unpaired) electrons. The number of rotatable bonds is 8. The summed E-state index contributed by atoms with van der Waals surface area (Å²) in [5.74, 6) is 2.13. The van der Waals surface area contributed by atoms with E-state index in [-0.39, 0.29) is 6.61 Å². The van der Waals surface area contributed by atoms with Gasteiger partial charge in [0.25, 0.3) is 0 Å². The first-order chi connectivity index (χ1) is 16.2. The quantitative estimate of drug-likeness (QED) is 0.449. The fraction of sp³-hybridized carbons (Fsp3) is 0.571. The number of benzene rings is 2. The first kappa shape index (κ1) is 23.1. The summed E-state index contributed by atoms with van der Waals surface area (Å²) < 4.78 is 14.1. The lowest BCUT2D eigenvalue weighted by Crippen LogP contribution is -2.33. The van der Waals surface area contributed by atoms with Gasteiger partial charge >= 0.3 is 0 Å². The Labute approximate surface area is 202 Å². The lowest BCUT2D eigenvalue weighted by Gasteiger charge is -2.38. The second-order valence-electron chi connectivity index (χ2n) is 9.83. The van der Waals surface area contributed by atoms with Gasteiger partial charge in [0.15, 0.2) is 0 Å². The van der Waals surface area contributed by atoms with Crippen LogP contribution in [0.1, 0.15) is 74.5 Å². The summed E-state index contributed by atoms with van der Waals surface area (Å²) in [7, 11) is 0. The van der Waals surface area contributed by atoms with Crippen molar-refractivity contribution in [2.24, 2.45) is 5.92 Å². The van der Waals surface area contributed by atoms with E-state index in [1.54, 1.807) is 0 Å². The Balaban J connectivity index is 1.32. The SMILES string of the molecule is CC[C@@H]1CCc2cc(C3CCC3)ccc2N1Sc1ccc(OCC2CCOCC2)c(CO)c1. The molecule has 0 unspecified atom stereocenters. The molecule has 2 aromatic rings. The lowest BCUT2D eigenvalue weighted by molar-refractivity contribution is 0.0494. The van der Waals surface area contributed by atoms with E-state index in [1.807, 2.05) is 18.0 Å². The number of nitrogens with zero attached hydrogens (tertiary/aromatic N) is 1. The number of aryl methyl sites for hydroxylation is 1. The second kappa shape index (κ2) is 10.7. The number of aliphatic hydroxyl groups is 1. The second-order valence-corrected chi connectivity index (χ2v) is 10.9. The fourth-order valence-electron chi connectivity index (χ4n) is 5.26. The van der Waals surface area contributed by atoms with E-state index in [1.165, 1.54) is 48.9 Å². The zero-order valence-electron chi connectivity index (χ0n) is 19.8. The summed E-state index contributed by atoms with van der Waals surface area (Å²) in [6.07, 6.45) is 9.69. The molecule has 2 heterocycles. The van der Waals surface area contributed by atoms with Gasteiger partial charge in [0.2, 0.25) is 0 Å². The van der Waals surface area contributed by atoms with E-state index in [0.29, 0.717) is 18.6 Å². The topological polar surface area (TPSA) is 41.9 Å². The molecule has 1 saturated carbocycles. The van der Waals surface area contributed by atoms with Crippen molar-refractivity contribution < 1.29 is 14.6 Å². The molecule has 0 bridgehead atoms. The lowest BCUT2D eigenvalue weighted by atomic mass is 9.79. The van der Waals surface area contributed by atoms with E-state index in [9.17, 15) is 5.11 Å². The van der Waals surface area contributed by atoms with Crippen LogP contribution in [0.5, 0.6) is 5.75 Å². The van der Waals surface area contributed by atoms with Crippen LogP contribution in [0.15, 0.2) is 41.3 Å². The molecule has 5 heteroatoms. The number of hydrogen-bond donors (Lipinski definition) is 1. The smallest absolute Gasteiger partial charge is 0.124 e. The van der Waals surface area contributed by atoms with Gasteiger partial charge in [-0.3, -0.25) is 0 Å². The van der Waals surface area contributed by atoms with Crippen molar-refractivity contribution in [1.29, 1.82) is 0 Å². The summed E-state index contributed by atoms with van der Waals surface area (Å²) in [5, 5.41) is 10.0. The highest BCUT2D eigenvalue weighted by atomic mass is 32.2. The molecule has 4 nitrogen and oxygen atoms in total. The van der Waals surface area contributed by atoms with Gasteiger partial charge < -0.3 is 18.9 Å². The van der Waals surface area contributed by atoms with Crippen molar-refractivity contribution in [3.63, 3.8) is 0 Å². The molecule has 3 aliphatic rings. The highest BCUT2D eigenvalue weighted by Crippen LogP contribution is 2.43. The maximum atomic E-state index is 10.0.